The average Bonchev–Trinajstić information content (AvgIpc) is 3.58. The summed E-state index contributed by atoms with van der Waals surface area (Å²) in [6.45, 7) is 0.243. The molecular formula is C34H29F3N4O7. The number of ether oxygens (including phenoxy) is 3. The Hall–Kier alpha value is -5.66. The number of nitrogens with one attached hydrogen (secondary N) is 1. The zero-order valence-electron chi connectivity index (χ0n) is 25.9. The first-order valence-corrected chi connectivity index (χ1v) is 14.7. The number of carbonyl (C=O) groups is 4. The number of para-hydroxylation sites is 1. The lowest BCUT2D eigenvalue weighted by molar-refractivity contribution is -0.144. The summed E-state index contributed by atoms with van der Waals surface area (Å²) in [5.41, 5.74) is -0.732. The van der Waals surface area contributed by atoms with Crippen LogP contribution in [0.2, 0.25) is 0 Å². The van der Waals surface area contributed by atoms with Crippen molar-refractivity contribution in [1.82, 2.24) is 4.90 Å². The van der Waals surface area contributed by atoms with Crippen molar-refractivity contribution in [2.45, 2.75) is 36.6 Å². The molecule has 0 saturated carbocycles. The van der Waals surface area contributed by atoms with Gasteiger partial charge < -0.3 is 24.4 Å². The van der Waals surface area contributed by atoms with Crippen LogP contribution in [0.5, 0.6) is 0 Å². The van der Waals surface area contributed by atoms with Crippen LogP contribution in [0.25, 0.3) is 0 Å². The smallest absolute Gasteiger partial charge is 0.416 e. The van der Waals surface area contributed by atoms with E-state index in [2.05, 4.69) is 10.3 Å². The third-order valence-electron chi connectivity index (χ3n) is 8.81. The second-order valence-corrected chi connectivity index (χ2v) is 11.3. The van der Waals surface area contributed by atoms with Gasteiger partial charge >= 0.3 is 30.1 Å². The fourth-order valence-electron chi connectivity index (χ4n) is 6.84. The monoisotopic (exact) mass is 662 g/mol. The number of carbonyl (C=O) groups excluding carboxylic acids is 4. The summed E-state index contributed by atoms with van der Waals surface area (Å²) in [6, 6.07) is 17.0. The number of fused-ring (bicyclic) bond motifs is 1. The standard InChI is InChI=1S/C34H29F3N4O7/c1-46-28(42)24-17-33-22-11-7-8-12-23(22)40(18-19-9-5-4-6-10-19)27(33)25(29(43)47-2)26(30(44)48-3)39-31(33)41(24)32(45)38-21-15-13-20(14-16-21)34(35,36)37/h4-16,24,27H,17-18H2,1-3H3,(H,38,45)/t24-,27-,33-/m0/s1. The largest absolute Gasteiger partial charge is 0.467 e. The Balaban J connectivity index is 1.57. The van der Waals surface area contributed by atoms with E-state index in [9.17, 15) is 32.3 Å². The molecule has 3 aliphatic rings. The molecule has 11 nitrogen and oxygen atoms in total. The van der Waals surface area contributed by atoms with Crippen molar-refractivity contribution < 1.29 is 46.6 Å². The number of methoxy groups -OCH3 is 3. The number of aliphatic imine (C=N–C) groups is 1. The van der Waals surface area contributed by atoms with Gasteiger partial charge in [-0.2, -0.15) is 13.2 Å². The zero-order valence-corrected chi connectivity index (χ0v) is 25.9. The number of rotatable bonds is 6. The number of urea groups is 1. The fourth-order valence-corrected chi connectivity index (χ4v) is 6.84. The Morgan fingerprint density at radius 1 is 0.875 bits per heavy atom. The molecule has 1 N–H and O–H groups in total. The molecule has 3 aliphatic heterocycles. The quantitative estimate of drug-likeness (QED) is 0.294. The third-order valence-corrected chi connectivity index (χ3v) is 8.81. The lowest BCUT2D eigenvalue weighted by atomic mass is 9.69. The van der Waals surface area contributed by atoms with Crippen LogP contribution in [0.15, 0.2) is 95.1 Å². The van der Waals surface area contributed by atoms with Gasteiger partial charge in [-0.25, -0.2) is 24.2 Å². The summed E-state index contributed by atoms with van der Waals surface area (Å²) in [7, 11) is 3.42. The van der Waals surface area contributed by atoms with Crippen LogP contribution >= 0.6 is 0 Å². The molecule has 0 unspecified atom stereocenters. The SMILES string of the molecule is COC(=O)C1=C(C(=O)OC)[C@@H]2N(Cc3ccccc3)c3ccccc3[C@@]23C[C@@H](C(=O)OC)N(C(=O)Nc2ccc(C(F)(F)F)cc2)C3=N1. The van der Waals surface area contributed by atoms with Crippen LogP contribution in [-0.2, 0) is 46.7 Å². The summed E-state index contributed by atoms with van der Waals surface area (Å²) in [5, 5.41) is 2.55. The number of hydrogen-bond acceptors (Lipinski definition) is 9. The van der Waals surface area contributed by atoms with E-state index in [4.69, 9.17) is 14.2 Å². The predicted octanol–water partition coefficient (Wildman–Crippen LogP) is 4.82. The first-order chi connectivity index (χ1) is 23.0. The van der Waals surface area contributed by atoms with E-state index >= 15 is 0 Å². The Morgan fingerprint density at radius 3 is 2.15 bits per heavy atom. The van der Waals surface area contributed by atoms with Gasteiger partial charge in [-0.15, -0.1) is 0 Å². The van der Waals surface area contributed by atoms with E-state index in [-0.39, 0.29) is 30.1 Å². The number of likely N-dealkylation sites (tertiary alicyclic amines) is 1. The van der Waals surface area contributed by atoms with Gasteiger partial charge in [-0.3, -0.25) is 4.90 Å². The molecule has 0 aliphatic carbocycles. The first-order valence-electron chi connectivity index (χ1n) is 14.7. The van der Waals surface area contributed by atoms with Gasteiger partial charge in [-0.05, 0) is 47.9 Å². The van der Waals surface area contributed by atoms with Gasteiger partial charge in [0, 0.05) is 17.9 Å². The van der Waals surface area contributed by atoms with Crippen LogP contribution in [0.1, 0.15) is 23.1 Å². The van der Waals surface area contributed by atoms with Crippen molar-refractivity contribution in [3.05, 3.63) is 107 Å². The third kappa shape index (κ3) is 5.13. The van der Waals surface area contributed by atoms with Crippen LogP contribution in [-0.4, -0.2) is 68.1 Å². The number of amidine groups is 1. The molecule has 3 atom stereocenters. The number of nitrogens with zero attached hydrogens (tertiary/aromatic N) is 3. The number of hydrogen-bond donors (Lipinski definition) is 1. The number of halogens is 3. The van der Waals surface area contributed by atoms with E-state index in [1.165, 1.54) is 0 Å². The van der Waals surface area contributed by atoms with Crippen LogP contribution in [0.3, 0.4) is 0 Å². The average molecular weight is 663 g/mol. The van der Waals surface area contributed by atoms with Crippen LogP contribution in [0.4, 0.5) is 29.3 Å². The number of anilines is 2. The summed E-state index contributed by atoms with van der Waals surface area (Å²) < 4.78 is 55.0. The minimum absolute atomic E-state index is 0.00188. The molecule has 3 aromatic rings. The number of benzene rings is 3. The molecule has 3 heterocycles. The molecule has 6 rings (SSSR count). The topological polar surface area (TPSA) is 127 Å². The van der Waals surface area contributed by atoms with Gasteiger partial charge in [0.15, 0.2) is 5.70 Å². The first kappa shape index (κ1) is 32.3. The van der Waals surface area contributed by atoms with E-state index in [0.29, 0.717) is 11.3 Å². The highest BCUT2D eigenvalue weighted by atomic mass is 19.4. The van der Waals surface area contributed by atoms with Gasteiger partial charge in [0.1, 0.15) is 11.9 Å². The van der Waals surface area contributed by atoms with E-state index in [0.717, 1.165) is 56.1 Å². The van der Waals surface area contributed by atoms with E-state index in [1.54, 1.807) is 18.2 Å². The lowest BCUT2D eigenvalue weighted by Crippen LogP contribution is -2.56. The normalized spacial score (nSPS) is 21.1. The molecule has 0 bridgehead atoms. The summed E-state index contributed by atoms with van der Waals surface area (Å²) >= 11 is 0. The highest BCUT2D eigenvalue weighted by molar-refractivity contribution is 6.18. The van der Waals surface area contributed by atoms with Crippen molar-refractivity contribution in [3.8, 4) is 0 Å². The fraction of sp³-hybridized carbons (Fsp3) is 0.265. The Labute approximate surface area is 272 Å². The summed E-state index contributed by atoms with van der Waals surface area (Å²) in [4.78, 5) is 62.1. The summed E-state index contributed by atoms with van der Waals surface area (Å²) in [6.07, 6.45) is -4.72. The Morgan fingerprint density at radius 2 is 1.52 bits per heavy atom. The lowest BCUT2D eigenvalue weighted by Gasteiger charge is -2.40. The number of amides is 2. The Kier molecular flexibility index (Phi) is 8.19. The summed E-state index contributed by atoms with van der Waals surface area (Å²) in [5.74, 6) is -2.73. The molecule has 2 amide bonds. The minimum atomic E-state index is -4.60. The maximum Gasteiger partial charge on any atom is 0.416 e. The highest BCUT2D eigenvalue weighted by Gasteiger charge is 2.68. The Bertz CT molecular complexity index is 1860. The van der Waals surface area contributed by atoms with Crippen molar-refractivity contribution >= 4 is 41.1 Å². The zero-order chi connectivity index (χ0) is 34.4. The second kappa shape index (κ2) is 12.2. The predicted molar refractivity (Wildman–Crippen MR) is 166 cm³/mol. The van der Waals surface area contributed by atoms with Gasteiger partial charge in [-0.1, -0.05) is 48.5 Å². The molecule has 1 spiro atoms. The molecule has 248 valence electrons. The number of esters is 3. The van der Waals surface area contributed by atoms with Gasteiger partial charge in [0.25, 0.3) is 0 Å². The van der Waals surface area contributed by atoms with Crippen molar-refractivity contribution in [2.24, 2.45) is 4.99 Å². The van der Waals surface area contributed by atoms with Crippen molar-refractivity contribution in [2.75, 3.05) is 31.5 Å². The van der Waals surface area contributed by atoms with Gasteiger partial charge in [0.05, 0.1) is 43.9 Å². The van der Waals surface area contributed by atoms with Crippen molar-refractivity contribution in [3.63, 3.8) is 0 Å². The van der Waals surface area contributed by atoms with Gasteiger partial charge in [0.2, 0.25) is 0 Å². The minimum Gasteiger partial charge on any atom is -0.467 e. The molecule has 1 fully saturated rings. The van der Waals surface area contributed by atoms with Crippen molar-refractivity contribution in [1.29, 1.82) is 0 Å². The van der Waals surface area contributed by atoms with E-state index < -0.39 is 58.9 Å². The second-order valence-electron chi connectivity index (χ2n) is 11.3. The van der Waals surface area contributed by atoms with Crippen LogP contribution < -0.4 is 10.2 Å². The van der Waals surface area contributed by atoms with Crippen LogP contribution in [0, 0.1) is 0 Å². The molecule has 0 radical (unpaired) electrons. The molecule has 48 heavy (non-hydrogen) atoms. The molecular weight excluding hydrogens is 633 g/mol. The maximum absolute atomic E-state index is 14.1. The van der Waals surface area contributed by atoms with E-state index in [1.807, 2.05) is 41.3 Å². The highest BCUT2D eigenvalue weighted by Crippen LogP contribution is 2.58. The molecule has 14 heteroatoms. The molecule has 0 aromatic heterocycles. The molecule has 1 saturated heterocycles. The number of alkyl halides is 3. The maximum atomic E-state index is 14.1. The molecule has 3 aromatic carbocycles.